The van der Waals surface area contributed by atoms with E-state index in [-0.39, 0.29) is 6.04 Å². The number of alkyl halides is 3. The third-order valence-corrected chi connectivity index (χ3v) is 3.96. The molecule has 0 amide bonds. The second-order valence-corrected chi connectivity index (χ2v) is 6.04. The standard InChI is InChI=1S/C15H16BrF3N2/c1-2-5-21-6-3-13(4-7-21)20-14-9-11(15(17,18)19)8-12(16)10-14/h1,8-10,13,20H,3-7H2. The predicted molar refractivity (Wildman–Crippen MR) is 81.1 cm³/mol. The van der Waals surface area contributed by atoms with E-state index in [0.717, 1.165) is 38.1 Å². The van der Waals surface area contributed by atoms with Crippen molar-refractivity contribution in [1.82, 2.24) is 4.90 Å². The summed E-state index contributed by atoms with van der Waals surface area (Å²) in [5, 5.41) is 3.19. The number of likely N-dealkylation sites (tertiary alicyclic amines) is 1. The van der Waals surface area contributed by atoms with Crippen LogP contribution in [0.15, 0.2) is 22.7 Å². The molecule has 0 spiro atoms. The van der Waals surface area contributed by atoms with Crippen LogP contribution in [0.5, 0.6) is 0 Å². The van der Waals surface area contributed by atoms with Crippen molar-refractivity contribution in [3.8, 4) is 12.3 Å². The van der Waals surface area contributed by atoms with Gasteiger partial charge in [0.05, 0.1) is 12.1 Å². The highest BCUT2D eigenvalue weighted by atomic mass is 79.9. The number of nitrogens with zero attached hydrogens (tertiary/aromatic N) is 1. The maximum atomic E-state index is 12.8. The number of piperidine rings is 1. The topological polar surface area (TPSA) is 15.3 Å². The molecule has 1 fully saturated rings. The summed E-state index contributed by atoms with van der Waals surface area (Å²) in [7, 11) is 0. The molecule has 1 aromatic carbocycles. The summed E-state index contributed by atoms with van der Waals surface area (Å²) in [4.78, 5) is 2.17. The largest absolute Gasteiger partial charge is 0.416 e. The summed E-state index contributed by atoms with van der Waals surface area (Å²) < 4.78 is 38.8. The van der Waals surface area contributed by atoms with Crippen LogP contribution in [0.1, 0.15) is 18.4 Å². The molecule has 114 valence electrons. The molecule has 0 saturated carbocycles. The highest BCUT2D eigenvalue weighted by Crippen LogP contribution is 2.33. The Morgan fingerprint density at radius 1 is 1.29 bits per heavy atom. The number of hydrogen-bond donors (Lipinski definition) is 1. The van der Waals surface area contributed by atoms with Crippen molar-refractivity contribution in [1.29, 1.82) is 0 Å². The lowest BCUT2D eigenvalue weighted by Crippen LogP contribution is -2.39. The Labute approximate surface area is 130 Å². The number of terminal acetylenes is 1. The van der Waals surface area contributed by atoms with Crippen LogP contribution in [0.4, 0.5) is 18.9 Å². The van der Waals surface area contributed by atoms with Gasteiger partial charge >= 0.3 is 6.18 Å². The Bertz CT molecular complexity index is 529. The van der Waals surface area contributed by atoms with E-state index in [9.17, 15) is 13.2 Å². The molecule has 1 N–H and O–H groups in total. The van der Waals surface area contributed by atoms with Crippen LogP contribution in [-0.4, -0.2) is 30.6 Å². The molecule has 1 heterocycles. The summed E-state index contributed by atoms with van der Waals surface area (Å²) in [5.74, 6) is 2.61. The van der Waals surface area contributed by atoms with Gasteiger partial charge in [-0.15, -0.1) is 6.42 Å². The fourth-order valence-electron chi connectivity index (χ4n) is 2.44. The normalized spacial score (nSPS) is 17.5. The lowest BCUT2D eigenvalue weighted by molar-refractivity contribution is -0.137. The molecular weight excluding hydrogens is 345 g/mol. The maximum Gasteiger partial charge on any atom is 0.416 e. The molecule has 2 nitrogen and oxygen atoms in total. The van der Waals surface area contributed by atoms with Crippen molar-refractivity contribution in [2.45, 2.75) is 25.1 Å². The summed E-state index contributed by atoms with van der Waals surface area (Å²) in [5.41, 5.74) is -0.156. The molecule has 1 saturated heterocycles. The minimum atomic E-state index is -4.34. The Hall–Kier alpha value is -1.19. The van der Waals surface area contributed by atoms with Gasteiger partial charge in [-0.25, -0.2) is 0 Å². The fraction of sp³-hybridized carbons (Fsp3) is 0.467. The number of nitrogens with one attached hydrogen (secondary N) is 1. The second kappa shape index (κ2) is 6.71. The van der Waals surface area contributed by atoms with Gasteiger partial charge in [0.2, 0.25) is 0 Å². The Morgan fingerprint density at radius 3 is 2.52 bits per heavy atom. The van der Waals surface area contributed by atoms with Gasteiger partial charge in [-0.1, -0.05) is 21.9 Å². The molecule has 6 heteroatoms. The lowest BCUT2D eigenvalue weighted by atomic mass is 10.0. The number of halogens is 4. The van der Waals surface area contributed by atoms with Crippen molar-refractivity contribution in [2.24, 2.45) is 0 Å². The van der Waals surface area contributed by atoms with Crippen molar-refractivity contribution in [2.75, 3.05) is 25.0 Å². The zero-order chi connectivity index (χ0) is 15.5. The SMILES string of the molecule is C#CCN1CCC(Nc2cc(Br)cc(C(F)(F)F)c2)CC1. The highest BCUT2D eigenvalue weighted by Gasteiger charge is 2.31. The van der Waals surface area contributed by atoms with Crippen molar-refractivity contribution < 1.29 is 13.2 Å². The molecule has 0 aromatic heterocycles. The monoisotopic (exact) mass is 360 g/mol. The van der Waals surface area contributed by atoms with Gasteiger partial charge < -0.3 is 5.32 Å². The second-order valence-electron chi connectivity index (χ2n) is 5.13. The summed E-state index contributed by atoms with van der Waals surface area (Å²) in [6.45, 7) is 2.35. The minimum absolute atomic E-state index is 0.175. The molecule has 0 atom stereocenters. The van der Waals surface area contributed by atoms with Gasteiger partial charge in [0, 0.05) is 29.3 Å². The van der Waals surface area contributed by atoms with Crippen LogP contribution in [0, 0.1) is 12.3 Å². The van der Waals surface area contributed by atoms with Gasteiger partial charge in [0.25, 0.3) is 0 Å². The first kappa shape index (κ1) is 16.2. The summed E-state index contributed by atoms with van der Waals surface area (Å²) in [6, 6.07) is 4.08. The van der Waals surface area contributed by atoms with E-state index in [2.05, 4.69) is 32.1 Å². The molecule has 0 aliphatic carbocycles. The Morgan fingerprint density at radius 2 is 1.95 bits per heavy atom. The van der Waals surface area contributed by atoms with Crippen molar-refractivity contribution in [3.63, 3.8) is 0 Å². The number of rotatable bonds is 3. The predicted octanol–water partition coefficient (Wildman–Crippen LogP) is 3.98. The minimum Gasteiger partial charge on any atom is -0.382 e. The maximum absolute atomic E-state index is 12.8. The first-order valence-electron chi connectivity index (χ1n) is 6.68. The summed E-state index contributed by atoms with van der Waals surface area (Å²) in [6.07, 6.45) is 2.68. The molecule has 21 heavy (non-hydrogen) atoms. The van der Waals surface area contributed by atoms with Crippen LogP contribution in [0.2, 0.25) is 0 Å². The van der Waals surface area contributed by atoms with Gasteiger partial charge in [0.1, 0.15) is 0 Å². The molecular formula is C15H16BrF3N2. The average molecular weight is 361 g/mol. The van der Waals surface area contributed by atoms with Crippen LogP contribution >= 0.6 is 15.9 Å². The van der Waals surface area contributed by atoms with Gasteiger partial charge in [-0.05, 0) is 31.0 Å². The van der Waals surface area contributed by atoms with Gasteiger partial charge in [-0.2, -0.15) is 13.2 Å². The van der Waals surface area contributed by atoms with Crippen LogP contribution in [0.3, 0.4) is 0 Å². The highest BCUT2D eigenvalue weighted by molar-refractivity contribution is 9.10. The molecule has 0 bridgehead atoms. The van der Waals surface area contributed by atoms with E-state index >= 15 is 0 Å². The van der Waals surface area contributed by atoms with Crippen LogP contribution in [-0.2, 0) is 6.18 Å². The van der Waals surface area contributed by atoms with Crippen molar-refractivity contribution >= 4 is 21.6 Å². The average Bonchev–Trinajstić information content (AvgIpc) is 2.40. The fourth-order valence-corrected chi connectivity index (χ4v) is 2.93. The quantitative estimate of drug-likeness (QED) is 0.820. The Balaban J connectivity index is 2.01. The first-order chi connectivity index (χ1) is 9.88. The molecule has 1 aliphatic rings. The lowest BCUT2D eigenvalue weighted by Gasteiger charge is -2.31. The van der Waals surface area contributed by atoms with E-state index < -0.39 is 11.7 Å². The van der Waals surface area contributed by atoms with Gasteiger partial charge in [-0.3, -0.25) is 4.90 Å². The molecule has 0 unspecified atom stereocenters. The number of benzene rings is 1. The Kier molecular flexibility index (Phi) is 5.17. The van der Waals surface area contributed by atoms with E-state index in [4.69, 9.17) is 6.42 Å². The number of hydrogen-bond acceptors (Lipinski definition) is 2. The van der Waals surface area contributed by atoms with Crippen LogP contribution < -0.4 is 5.32 Å². The smallest absolute Gasteiger partial charge is 0.382 e. The van der Waals surface area contributed by atoms with E-state index in [0.29, 0.717) is 16.7 Å². The van der Waals surface area contributed by atoms with Crippen molar-refractivity contribution in [3.05, 3.63) is 28.2 Å². The first-order valence-corrected chi connectivity index (χ1v) is 7.48. The molecule has 1 aliphatic heterocycles. The van der Waals surface area contributed by atoms with E-state index in [1.807, 2.05) is 0 Å². The molecule has 0 radical (unpaired) electrons. The third kappa shape index (κ3) is 4.65. The molecule has 1 aromatic rings. The summed E-state index contributed by atoms with van der Waals surface area (Å²) >= 11 is 3.13. The van der Waals surface area contributed by atoms with Gasteiger partial charge in [0.15, 0.2) is 0 Å². The van der Waals surface area contributed by atoms with E-state index in [1.165, 1.54) is 0 Å². The molecule has 2 rings (SSSR count). The van der Waals surface area contributed by atoms with E-state index in [1.54, 1.807) is 6.07 Å². The zero-order valence-electron chi connectivity index (χ0n) is 11.4. The van der Waals surface area contributed by atoms with Crippen LogP contribution in [0.25, 0.3) is 0 Å². The third-order valence-electron chi connectivity index (χ3n) is 3.50. The number of anilines is 1. The zero-order valence-corrected chi connectivity index (χ0v) is 13.0.